The summed E-state index contributed by atoms with van der Waals surface area (Å²) in [6.07, 6.45) is 0. The summed E-state index contributed by atoms with van der Waals surface area (Å²) in [4.78, 5) is 14.6. The third-order valence-corrected chi connectivity index (χ3v) is 7.06. The highest BCUT2D eigenvalue weighted by Gasteiger charge is 2.28. The number of sulfonamides is 1. The van der Waals surface area contributed by atoms with Crippen LogP contribution in [0.4, 0.5) is 5.69 Å². The number of hydrogen-bond donors (Lipinski definition) is 0. The maximum atomic E-state index is 13.4. The minimum Gasteiger partial charge on any atom is -0.493 e. The molecular weight excluding hydrogens is 464 g/mol. The maximum absolute atomic E-state index is 13.4. The molecule has 0 radical (unpaired) electrons. The Morgan fingerprint density at radius 3 is 2.15 bits per heavy atom. The van der Waals surface area contributed by atoms with Crippen molar-refractivity contribution in [2.75, 3.05) is 32.1 Å². The van der Waals surface area contributed by atoms with E-state index in [1.54, 1.807) is 56.6 Å². The molecule has 9 heteroatoms. The molecule has 0 N–H and O–H groups in total. The van der Waals surface area contributed by atoms with Crippen LogP contribution in [0.1, 0.15) is 5.56 Å². The van der Waals surface area contributed by atoms with Crippen LogP contribution in [0.5, 0.6) is 11.5 Å². The van der Waals surface area contributed by atoms with Gasteiger partial charge in [-0.05, 0) is 54.1 Å². The summed E-state index contributed by atoms with van der Waals surface area (Å²) in [6.45, 7) is -0.0957. The number of rotatable bonds is 9. The highest BCUT2D eigenvalue weighted by Crippen LogP contribution is 2.28. The molecule has 0 spiro atoms. The van der Waals surface area contributed by atoms with Gasteiger partial charge in [0.25, 0.3) is 10.0 Å². The Bertz CT molecular complexity index is 1200. The van der Waals surface area contributed by atoms with Gasteiger partial charge in [-0.2, -0.15) is 0 Å². The summed E-state index contributed by atoms with van der Waals surface area (Å²) in [5, 5.41) is 0.422. The second-order valence-electron chi connectivity index (χ2n) is 7.24. The summed E-state index contributed by atoms with van der Waals surface area (Å²) in [7, 11) is 0.706. The van der Waals surface area contributed by atoms with Gasteiger partial charge in [-0.15, -0.1) is 0 Å². The van der Waals surface area contributed by atoms with E-state index in [0.29, 0.717) is 22.2 Å². The van der Waals surface area contributed by atoms with Gasteiger partial charge in [-0.1, -0.05) is 35.9 Å². The van der Waals surface area contributed by atoms with Gasteiger partial charge in [-0.3, -0.25) is 9.10 Å². The summed E-state index contributed by atoms with van der Waals surface area (Å²) < 4.78 is 38.5. The Balaban J connectivity index is 1.85. The van der Waals surface area contributed by atoms with Crippen molar-refractivity contribution >= 4 is 33.2 Å². The first-order valence-electron chi connectivity index (χ1n) is 10.0. The molecule has 0 saturated heterocycles. The van der Waals surface area contributed by atoms with E-state index in [2.05, 4.69) is 0 Å². The van der Waals surface area contributed by atoms with Crippen LogP contribution in [0.2, 0.25) is 5.02 Å². The van der Waals surface area contributed by atoms with Crippen LogP contribution >= 0.6 is 11.6 Å². The molecule has 3 aromatic carbocycles. The summed E-state index contributed by atoms with van der Waals surface area (Å²) in [5.74, 6) is 0.762. The molecule has 174 valence electrons. The molecule has 0 heterocycles. The van der Waals surface area contributed by atoms with Crippen LogP contribution in [-0.4, -0.2) is 47.0 Å². The molecule has 0 saturated carbocycles. The fourth-order valence-electron chi connectivity index (χ4n) is 3.23. The van der Waals surface area contributed by atoms with Crippen LogP contribution in [0.25, 0.3) is 0 Å². The average Bonchev–Trinajstić information content (AvgIpc) is 2.82. The van der Waals surface area contributed by atoms with Crippen LogP contribution < -0.4 is 13.8 Å². The largest absolute Gasteiger partial charge is 0.493 e. The van der Waals surface area contributed by atoms with E-state index < -0.39 is 10.0 Å². The predicted molar refractivity (Wildman–Crippen MR) is 128 cm³/mol. The van der Waals surface area contributed by atoms with Gasteiger partial charge < -0.3 is 14.4 Å². The van der Waals surface area contributed by atoms with E-state index in [1.165, 1.54) is 36.3 Å². The topological polar surface area (TPSA) is 76.2 Å². The number of nitrogens with zero attached hydrogens (tertiary/aromatic N) is 2. The van der Waals surface area contributed by atoms with Gasteiger partial charge in [0, 0.05) is 18.6 Å². The van der Waals surface area contributed by atoms with Crippen molar-refractivity contribution in [3.8, 4) is 11.5 Å². The highest BCUT2D eigenvalue weighted by atomic mass is 35.5. The Morgan fingerprint density at radius 2 is 1.55 bits per heavy atom. The number of amides is 1. The van der Waals surface area contributed by atoms with Crippen molar-refractivity contribution in [1.29, 1.82) is 0 Å². The number of para-hydroxylation sites is 1. The Labute approximate surface area is 199 Å². The molecular formula is C24H25ClN2O5S. The zero-order chi connectivity index (χ0) is 24.0. The third kappa shape index (κ3) is 5.77. The van der Waals surface area contributed by atoms with Crippen molar-refractivity contribution in [2.45, 2.75) is 11.4 Å². The van der Waals surface area contributed by atoms with Crippen molar-refractivity contribution in [3.63, 3.8) is 0 Å². The van der Waals surface area contributed by atoms with E-state index in [-0.39, 0.29) is 23.9 Å². The molecule has 0 aliphatic rings. The molecule has 0 aliphatic carbocycles. The van der Waals surface area contributed by atoms with E-state index in [9.17, 15) is 13.2 Å². The van der Waals surface area contributed by atoms with Crippen LogP contribution in [0.15, 0.2) is 77.7 Å². The molecule has 0 aromatic heterocycles. The van der Waals surface area contributed by atoms with Crippen molar-refractivity contribution in [1.82, 2.24) is 4.90 Å². The molecule has 0 aliphatic heterocycles. The third-order valence-electron chi connectivity index (χ3n) is 5.02. The maximum Gasteiger partial charge on any atom is 0.264 e. The lowest BCUT2D eigenvalue weighted by atomic mass is 10.2. The molecule has 0 bridgehead atoms. The molecule has 3 rings (SSSR count). The zero-order valence-corrected chi connectivity index (χ0v) is 20.1. The normalized spacial score (nSPS) is 11.0. The average molecular weight is 489 g/mol. The number of methoxy groups -OCH3 is 2. The lowest BCUT2D eigenvalue weighted by Crippen LogP contribution is -2.41. The van der Waals surface area contributed by atoms with E-state index in [1.807, 2.05) is 6.07 Å². The second kappa shape index (κ2) is 10.6. The minimum absolute atomic E-state index is 0.0473. The molecule has 0 atom stereocenters. The molecule has 0 fully saturated rings. The minimum atomic E-state index is -4.00. The van der Waals surface area contributed by atoms with E-state index in [4.69, 9.17) is 21.1 Å². The van der Waals surface area contributed by atoms with Gasteiger partial charge in [0.2, 0.25) is 5.91 Å². The van der Waals surface area contributed by atoms with Gasteiger partial charge in [0.1, 0.15) is 6.54 Å². The van der Waals surface area contributed by atoms with Gasteiger partial charge in [0.15, 0.2) is 11.5 Å². The first kappa shape index (κ1) is 24.4. The summed E-state index contributed by atoms with van der Waals surface area (Å²) in [6, 6.07) is 19.7. The molecule has 33 heavy (non-hydrogen) atoms. The lowest BCUT2D eigenvalue weighted by Gasteiger charge is -2.27. The number of hydrogen-bond acceptors (Lipinski definition) is 5. The van der Waals surface area contributed by atoms with Gasteiger partial charge >= 0.3 is 0 Å². The van der Waals surface area contributed by atoms with Crippen molar-refractivity contribution in [3.05, 3.63) is 83.4 Å². The Morgan fingerprint density at radius 1 is 0.909 bits per heavy atom. The fourth-order valence-corrected chi connectivity index (χ4v) is 4.77. The first-order chi connectivity index (χ1) is 15.8. The van der Waals surface area contributed by atoms with Crippen LogP contribution in [-0.2, 0) is 21.4 Å². The number of halogens is 1. The first-order valence-corrected chi connectivity index (χ1v) is 11.9. The molecule has 1 amide bonds. The SMILES string of the molecule is COc1ccc(CN(C)C(=O)CN(c2ccccc2)S(=O)(=O)c2ccc(Cl)cc2)cc1OC. The Hall–Kier alpha value is -3.23. The quantitative estimate of drug-likeness (QED) is 0.451. The molecule has 3 aromatic rings. The smallest absolute Gasteiger partial charge is 0.264 e. The summed E-state index contributed by atoms with van der Waals surface area (Å²) in [5.41, 5.74) is 1.20. The number of carbonyl (C=O) groups is 1. The number of carbonyl (C=O) groups excluding carboxylic acids is 1. The van der Waals surface area contributed by atoms with Crippen molar-refractivity contribution in [2.24, 2.45) is 0 Å². The number of ether oxygens (including phenoxy) is 2. The van der Waals surface area contributed by atoms with E-state index in [0.717, 1.165) is 9.87 Å². The van der Waals surface area contributed by atoms with Crippen LogP contribution in [0, 0.1) is 0 Å². The monoisotopic (exact) mass is 488 g/mol. The number of benzene rings is 3. The molecule has 0 unspecified atom stereocenters. The fraction of sp³-hybridized carbons (Fsp3) is 0.208. The highest BCUT2D eigenvalue weighted by molar-refractivity contribution is 7.92. The Kier molecular flexibility index (Phi) is 7.84. The lowest BCUT2D eigenvalue weighted by molar-refractivity contribution is -0.128. The second-order valence-corrected chi connectivity index (χ2v) is 9.54. The number of anilines is 1. The number of likely N-dealkylation sites (N-methyl/N-ethyl adjacent to an activating group) is 1. The van der Waals surface area contributed by atoms with E-state index >= 15 is 0 Å². The standard InChI is InChI=1S/C24H25ClN2O5S/c1-26(16-18-9-14-22(31-2)23(15-18)32-3)24(28)17-27(20-7-5-4-6-8-20)33(29,30)21-12-10-19(25)11-13-21/h4-15H,16-17H2,1-3H3. The van der Waals surface area contributed by atoms with Gasteiger partial charge in [0.05, 0.1) is 24.8 Å². The van der Waals surface area contributed by atoms with Crippen LogP contribution in [0.3, 0.4) is 0 Å². The van der Waals surface area contributed by atoms with Gasteiger partial charge in [-0.25, -0.2) is 8.42 Å². The predicted octanol–water partition coefficient (Wildman–Crippen LogP) is 4.21. The zero-order valence-electron chi connectivity index (χ0n) is 18.6. The molecule has 7 nitrogen and oxygen atoms in total. The summed E-state index contributed by atoms with van der Waals surface area (Å²) >= 11 is 5.92. The van der Waals surface area contributed by atoms with Crippen molar-refractivity contribution < 1.29 is 22.7 Å².